The van der Waals surface area contributed by atoms with Gasteiger partial charge in [-0.15, -0.1) is 0 Å². The molecule has 11 unspecified atom stereocenters. The molecule has 0 aromatic heterocycles. The van der Waals surface area contributed by atoms with Crippen LogP contribution in [0.25, 0.3) is 0 Å². The first-order valence-electron chi connectivity index (χ1n) is 25.1. The molecule has 374 valence electrons. The van der Waals surface area contributed by atoms with Crippen molar-refractivity contribution >= 4 is 5.97 Å². The lowest BCUT2D eigenvalue weighted by Crippen LogP contribution is -2.61. The van der Waals surface area contributed by atoms with E-state index in [9.17, 15) is 40.5 Å². The van der Waals surface area contributed by atoms with Crippen molar-refractivity contribution in [2.24, 2.45) is 0 Å². The number of unbranched alkanes of at least 4 members (excludes halogenated alkanes) is 19. The van der Waals surface area contributed by atoms with Crippen molar-refractivity contribution < 1.29 is 69.0 Å². The number of hydrogen-bond acceptors (Lipinski definition) is 14. The summed E-state index contributed by atoms with van der Waals surface area (Å²) in [4.78, 5) is 13.0. The smallest absolute Gasteiger partial charge is 0.306 e. The predicted molar refractivity (Wildman–Crippen MR) is 247 cm³/mol. The van der Waals surface area contributed by atoms with E-state index in [0.29, 0.717) is 13.0 Å². The van der Waals surface area contributed by atoms with Gasteiger partial charge < -0.3 is 64.2 Å². The van der Waals surface area contributed by atoms with Gasteiger partial charge in [-0.25, -0.2) is 0 Å². The Balaban J connectivity index is 1.78. The van der Waals surface area contributed by atoms with Crippen molar-refractivity contribution in [2.45, 2.75) is 242 Å². The molecule has 0 bridgehead atoms. The number of esters is 1. The Morgan fingerprint density at radius 2 is 0.969 bits per heavy atom. The lowest BCUT2D eigenvalue weighted by molar-refractivity contribution is -0.332. The molecule has 64 heavy (non-hydrogen) atoms. The van der Waals surface area contributed by atoms with Crippen LogP contribution in [0.1, 0.15) is 174 Å². The molecular formula is C50H90O14. The SMILES string of the molecule is CCCCC/C=C\C/C=C\CCCCCCCCCC(=O)OC(COCCCCCCCC/C=C\CCCCC)COC1OC(COC2OC(CO)C(O)C(O)C2O)C(O)C(O)C1O. The van der Waals surface area contributed by atoms with Crippen LogP contribution in [0, 0.1) is 0 Å². The van der Waals surface area contributed by atoms with Crippen molar-refractivity contribution in [1.82, 2.24) is 0 Å². The molecule has 2 rings (SSSR count). The first kappa shape index (κ1) is 58.3. The summed E-state index contributed by atoms with van der Waals surface area (Å²) in [6, 6.07) is 0. The fraction of sp³-hybridized carbons (Fsp3) is 0.860. The zero-order valence-corrected chi connectivity index (χ0v) is 39.5. The van der Waals surface area contributed by atoms with Crippen LogP contribution >= 0.6 is 0 Å². The standard InChI is InChI=1S/C50H90O14/c1-3-5-7-9-11-13-15-17-18-19-20-21-23-25-27-29-31-33-42(52)62-39(36-59-34-32-30-28-26-24-22-16-14-12-10-8-6-4-2)37-60-49-48(58)46(56)44(54)41(64-49)38-61-50-47(57)45(55)43(53)40(35-51)63-50/h11-14,17-18,39-41,43-51,53-58H,3-10,15-16,19-38H2,1-2H3/b13-11-,14-12-,18-17-. The number of carbonyl (C=O) groups excluding carboxylic acids is 1. The molecule has 14 nitrogen and oxygen atoms in total. The highest BCUT2D eigenvalue weighted by Crippen LogP contribution is 2.26. The number of hydrogen-bond donors (Lipinski definition) is 7. The molecule has 0 aromatic rings. The molecule has 0 amide bonds. The Bertz CT molecular complexity index is 1200. The first-order chi connectivity index (χ1) is 31.1. The number of allylic oxidation sites excluding steroid dienone is 6. The van der Waals surface area contributed by atoms with Crippen molar-refractivity contribution in [1.29, 1.82) is 0 Å². The normalized spacial score (nSPS) is 27.0. The lowest BCUT2D eigenvalue weighted by Gasteiger charge is -2.42. The van der Waals surface area contributed by atoms with Crippen LogP contribution in [0.5, 0.6) is 0 Å². The molecule has 2 aliphatic rings. The van der Waals surface area contributed by atoms with Gasteiger partial charge in [-0.2, -0.15) is 0 Å². The maximum Gasteiger partial charge on any atom is 0.306 e. The van der Waals surface area contributed by atoms with E-state index in [0.717, 1.165) is 57.8 Å². The molecule has 0 aliphatic carbocycles. The van der Waals surface area contributed by atoms with Gasteiger partial charge in [0.25, 0.3) is 0 Å². The topological polar surface area (TPSA) is 214 Å². The van der Waals surface area contributed by atoms with Gasteiger partial charge in [-0.05, 0) is 70.6 Å². The average Bonchev–Trinajstić information content (AvgIpc) is 3.29. The molecule has 2 fully saturated rings. The van der Waals surface area contributed by atoms with E-state index in [2.05, 4.69) is 50.3 Å². The Morgan fingerprint density at radius 1 is 0.516 bits per heavy atom. The van der Waals surface area contributed by atoms with Gasteiger partial charge in [0.05, 0.1) is 26.4 Å². The first-order valence-corrected chi connectivity index (χ1v) is 25.1. The van der Waals surface area contributed by atoms with Crippen molar-refractivity contribution in [2.75, 3.05) is 33.0 Å². The van der Waals surface area contributed by atoms with Gasteiger partial charge in [0, 0.05) is 13.0 Å². The molecule has 2 aliphatic heterocycles. The zero-order chi connectivity index (χ0) is 46.6. The van der Waals surface area contributed by atoms with Gasteiger partial charge in [-0.1, -0.05) is 134 Å². The van der Waals surface area contributed by atoms with Crippen LogP contribution in [0.3, 0.4) is 0 Å². The highest BCUT2D eigenvalue weighted by molar-refractivity contribution is 5.69. The minimum absolute atomic E-state index is 0.0545. The number of ether oxygens (including phenoxy) is 6. The van der Waals surface area contributed by atoms with E-state index in [1.807, 2.05) is 0 Å². The average molecular weight is 915 g/mol. The second-order valence-electron chi connectivity index (χ2n) is 17.6. The Hall–Kier alpha value is -1.79. The summed E-state index contributed by atoms with van der Waals surface area (Å²) in [5.74, 6) is -0.387. The van der Waals surface area contributed by atoms with Crippen molar-refractivity contribution in [3.63, 3.8) is 0 Å². The molecule has 7 N–H and O–H groups in total. The Morgan fingerprint density at radius 3 is 1.52 bits per heavy atom. The molecule has 2 heterocycles. The minimum atomic E-state index is -1.71. The lowest BCUT2D eigenvalue weighted by atomic mass is 9.98. The summed E-state index contributed by atoms with van der Waals surface area (Å²) in [6.45, 7) is 3.61. The van der Waals surface area contributed by atoms with Crippen LogP contribution in [0.4, 0.5) is 0 Å². The number of carbonyl (C=O) groups is 1. The third-order valence-corrected chi connectivity index (χ3v) is 11.9. The van der Waals surface area contributed by atoms with Crippen molar-refractivity contribution in [3.05, 3.63) is 36.5 Å². The van der Waals surface area contributed by atoms with Gasteiger partial charge in [0.1, 0.15) is 54.9 Å². The largest absolute Gasteiger partial charge is 0.457 e. The van der Waals surface area contributed by atoms with Gasteiger partial charge in [0.15, 0.2) is 12.6 Å². The monoisotopic (exact) mass is 915 g/mol. The van der Waals surface area contributed by atoms with E-state index < -0.39 is 80.7 Å². The third kappa shape index (κ3) is 25.9. The van der Waals surface area contributed by atoms with Gasteiger partial charge >= 0.3 is 5.97 Å². The molecule has 11 atom stereocenters. The fourth-order valence-electron chi connectivity index (χ4n) is 7.72. The van der Waals surface area contributed by atoms with E-state index in [-0.39, 0.29) is 25.6 Å². The zero-order valence-electron chi connectivity index (χ0n) is 39.5. The second-order valence-corrected chi connectivity index (χ2v) is 17.6. The predicted octanol–water partition coefficient (Wildman–Crippen LogP) is 7.02. The Labute approximate surface area is 385 Å². The number of rotatable bonds is 39. The molecular weight excluding hydrogens is 825 g/mol. The third-order valence-electron chi connectivity index (χ3n) is 11.9. The van der Waals surface area contributed by atoms with Crippen LogP contribution in [-0.2, 0) is 33.2 Å². The van der Waals surface area contributed by atoms with Crippen LogP contribution < -0.4 is 0 Å². The van der Waals surface area contributed by atoms with Gasteiger partial charge in [-0.3, -0.25) is 4.79 Å². The fourth-order valence-corrected chi connectivity index (χ4v) is 7.72. The second kappa shape index (κ2) is 38.2. The highest BCUT2D eigenvalue weighted by atomic mass is 16.7. The maximum absolute atomic E-state index is 13.0. The van der Waals surface area contributed by atoms with Crippen LogP contribution in [0.15, 0.2) is 36.5 Å². The number of aliphatic hydroxyl groups is 7. The molecule has 0 spiro atoms. The summed E-state index contributed by atoms with van der Waals surface area (Å²) >= 11 is 0. The van der Waals surface area contributed by atoms with Crippen LogP contribution in [0.2, 0.25) is 0 Å². The molecule has 0 saturated carbocycles. The molecule has 14 heteroatoms. The van der Waals surface area contributed by atoms with E-state index in [1.165, 1.54) is 89.9 Å². The maximum atomic E-state index is 13.0. The Kier molecular flexibility index (Phi) is 34.8. The summed E-state index contributed by atoms with van der Waals surface area (Å²) in [7, 11) is 0. The van der Waals surface area contributed by atoms with E-state index >= 15 is 0 Å². The summed E-state index contributed by atoms with van der Waals surface area (Å²) in [5, 5.41) is 72.0. The molecule has 0 radical (unpaired) electrons. The van der Waals surface area contributed by atoms with E-state index in [1.54, 1.807) is 0 Å². The summed E-state index contributed by atoms with van der Waals surface area (Å²) in [6.07, 6.45) is 24.9. The molecule has 0 aromatic carbocycles. The van der Waals surface area contributed by atoms with Gasteiger partial charge in [0.2, 0.25) is 0 Å². The minimum Gasteiger partial charge on any atom is -0.457 e. The quantitative estimate of drug-likeness (QED) is 0.0188. The van der Waals surface area contributed by atoms with Crippen molar-refractivity contribution in [3.8, 4) is 0 Å². The summed E-state index contributed by atoms with van der Waals surface area (Å²) < 4.78 is 34.2. The van der Waals surface area contributed by atoms with Crippen LogP contribution in [-0.4, -0.2) is 142 Å². The van der Waals surface area contributed by atoms with E-state index in [4.69, 9.17) is 28.4 Å². The molecule has 2 saturated heterocycles. The number of aliphatic hydroxyl groups excluding tert-OH is 7. The highest BCUT2D eigenvalue weighted by Gasteiger charge is 2.47. The summed E-state index contributed by atoms with van der Waals surface area (Å²) in [5.41, 5.74) is 0.